The molecule has 0 saturated carbocycles. The molecule has 2 aromatic carbocycles. The quantitative estimate of drug-likeness (QED) is 0.673. The van der Waals surface area contributed by atoms with Gasteiger partial charge >= 0.3 is 6.18 Å². The van der Waals surface area contributed by atoms with Gasteiger partial charge in [0.15, 0.2) is 5.11 Å². The van der Waals surface area contributed by atoms with Gasteiger partial charge in [-0.05, 0) is 67.4 Å². The zero-order valence-corrected chi connectivity index (χ0v) is 15.2. The number of rotatable bonds is 4. The third kappa shape index (κ3) is 5.19. The third-order valence-electron chi connectivity index (χ3n) is 4.09. The molecule has 0 amide bonds. The molecule has 2 N–H and O–H groups in total. The Bertz CT molecular complexity index is 757. The molecular formula is C19H21F3N2S. The minimum absolute atomic E-state index is 0.00917. The van der Waals surface area contributed by atoms with Crippen LogP contribution in [0.5, 0.6) is 0 Å². The van der Waals surface area contributed by atoms with E-state index in [2.05, 4.69) is 22.8 Å². The van der Waals surface area contributed by atoms with E-state index in [-0.39, 0.29) is 6.04 Å². The molecule has 0 heterocycles. The monoisotopic (exact) mass is 366 g/mol. The molecule has 0 fully saturated rings. The fraction of sp³-hybridized carbons (Fsp3) is 0.316. The lowest BCUT2D eigenvalue weighted by Gasteiger charge is -2.21. The van der Waals surface area contributed by atoms with E-state index < -0.39 is 11.7 Å². The highest BCUT2D eigenvalue weighted by molar-refractivity contribution is 7.80. The summed E-state index contributed by atoms with van der Waals surface area (Å²) in [5, 5.41) is 6.31. The van der Waals surface area contributed by atoms with Gasteiger partial charge in [-0.15, -0.1) is 0 Å². The number of halogens is 3. The van der Waals surface area contributed by atoms with E-state index in [0.29, 0.717) is 10.8 Å². The van der Waals surface area contributed by atoms with E-state index in [1.165, 1.54) is 17.2 Å². The van der Waals surface area contributed by atoms with Gasteiger partial charge in [-0.25, -0.2) is 0 Å². The average Bonchev–Trinajstić information content (AvgIpc) is 2.55. The Morgan fingerprint density at radius 2 is 1.80 bits per heavy atom. The molecule has 0 unspecified atom stereocenters. The van der Waals surface area contributed by atoms with Crippen LogP contribution in [0.15, 0.2) is 42.5 Å². The maximum Gasteiger partial charge on any atom is 0.416 e. The third-order valence-corrected chi connectivity index (χ3v) is 4.31. The Hall–Kier alpha value is -2.08. The standard InChI is InChI=1S/C19H21F3N2S/c1-4-17(14-9-8-12(2)13(3)10-14)24-18(25)23-16-7-5-6-15(11-16)19(20,21)22/h5-11,17H,4H2,1-3H3,(H2,23,24,25)/t17-/m0/s1. The minimum atomic E-state index is -4.38. The van der Waals surface area contributed by atoms with Crippen LogP contribution in [0.2, 0.25) is 0 Å². The van der Waals surface area contributed by atoms with Crippen molar-refractivity contribution in [2.45, 2.75) is 39.4 Å². The van der Waals surface area contributed by atoms with Crippen molar-refractivity contribution in [3.05, 3.63) is 64.7 Å². The number of anilines is 1. The fourth-order valence-corrected chi connectivity index (χ4v) is 2.76. The molecule has 0 aromatic heterocycles. The molecule has 1 atom stereocenters. The summed E-state index contributed by atoms with van der Waals surface area (Å²) in [4.78, 5) is 0. The van der Waals surface area contributed by atoms with Crippen LogP contribution in [-0.4, -0.2) is 5.11 Å². The predicted octanol–water partition coefficient (Wildman–Crippen LogP) is 5.76. The fourth-order valence-electron chi connectivity index (χ4n) is 2.50. The largest absolute Gasteiger partial charge is 0.416 e. The van der Waals surface area contributed by atoms with E-state index in [0.717, 1.165) is 24.1 Å². The summed E-state index contributed by atoms with van der Waals surface area (Å²) < 4.78 is 38.4. The Labute approximate surface area is 151 Å². The van der Waals surface area contributed by atoms with E-state index in [9.17, 15) is 13.2 Å². The van der Waals surface area contributed by atoms with Crippen molar-refractivity contribution in [1.29, 1.82) is 0 Å². The Morgan fingerprint density at radius 3 is 2.40 bits per heavy atom. The van der Waals surface area contributed by atoms with Crippen LogP contribution in [0.1, 0.15) is 41.6 Å². The molecule has 0 aliphatic carbocycles. The van der Waals surface area contributed by atoms with Crippen molar-refractivity contribution in [2.24, 2.45) is 0 Å². The van der Waals surface area contributed by atoms with Gasteiger partial charge in [-0.2, -0.15) is 13.2 Å². The molecule has 0 radical (unpaired) electrons. The van der Waals surface area contributed by atoms with Crippen LogP contribution in [-0.2, 0) is 6.18 Å². The van der Waals surface area contributed by atoms with Gasteiger partial charge in [0.1, 0.15) is 0 Å². The van der Waals surface area contributed by atoms with E-state index in [1.54, 1.807) is 6.07 Å². The van der Waals surface area contributed by atoms with Gasteiger partial charge in [-0.3, -0.25) is 0 Å². The number of hydrogen-bond acceptors (Lipinski definition) is 1. The molecule has 6 heteroatoms. The number of thiocarbonyl (C=S) groups is 1. The first-order valence-corrected chi connectivity index (χ1v) is 8.43. The summed E-state index contributed by atoms with van der Waals surface area (Å²) in [7, 11) is 0. The predicted molar refractivity (Wildman–Crippen MR) is 99.7 cm³/mol. The number of alkyl halides is 3. The topological polar surface area (TPSA) is 24.1 Å². The van der Waals surface area contributed by atoms with Crippen LogP contribution in [0.3, 0.4) is 0 Å². The zero-order valence-electron chi connectivity index (χ0n) is 14.4. The molecule has 0 aliphatic heterocycles. The molecule has 2 rings (SSSR count). The molecule has 0 aliphatic rings. The summed E-state index contributed by atoms with van der Waals surface area (Å²) in [6.45, 7) is 6.12. The average molecular weight is 366 g/mol. The molecule has 2 nitrogen and oxygen atoms in total. The lowest BCUT2D eigenvalue weighted by Crippen LogP contribution is -2.32. The first-order chi connectivity index (χ1) is 11.7. The van der Waals surface area contributed by atoms with Crippen molar-refractivity contribution in [2.75, 3.05) is 5.32 Å². The highest BCUT2D eigenvalue weighted by atomic mass is 32.1. The smallest absolute Gasteiger partial charge is 0.356 e. The Balaban J connectivity index is 2.09. The normalized spacial score (nSPS) is 12.6. The molecule has 134 valence electrons. The van der Waals surface area contributed by atoms with E-state index in [4.69, 9.17) is 12.2 Å². The highest BCUT2D eigenvalue weighted by Crippen LogP contribution is 2.30. The van der Waals surface area contributed by atoms with Crippen LogP contribution >= 0.6 is 12.2 Å². The van der Waals surface area contributed by atoms with Gasteiger partial charge < -0.3 is 10.6 Å². The molecule has 0 bridgehead atoms. The van der Waals surface area contributed by atoms with Crippen molar-refractivity contribution in [3.63, 3.8) is 0 Å². The van der Waals surface area contributed by atoms with E-state index >= 15 is 0 Å². The van der Waals surface area contributed by atoms with Crippen molar-refractivity contribution in [1.82, 2.24) is 5.32 Å². The summed E-state index contributed by atoms with van der Waals surface area (Å²) >= 11 is 5.27. The van der Waals surface area contributed by atoms with Gasteiger partial charge in [0.2, 0.25) is 0 Å². The highest BCUT2D eigenvalue weighted by Gasteiger charge is 2.30. The van der Waals surface area contributed by atoms with Crippen LogP contribution < -0.4 is 10.6 Å². The molecule has 25 heavy (non-hydrogen) atoms. The summed E-state index contributed by atoms with van der Waals surface area (Å²) in [6.07, 6.45) is -3.58. The minimum Gasteiger partial charge on any atom is -0.356 e. The van der Waals surface area contributed by atoms with Crippen molar-refractivity contribution >= 4 is 23.0 Å². The lowest BCUT2D eigenvalue weighted by atomic mass is 9.99. The maximum absolute atomic E-state index is 12.8. The second kappa shape index (κ2) is 7.87. The van der Waals surface area contributed by atoms with Crippen LogP contribution in [0.25, 0.3) is 0 Å². The van der Waals surface area contributed by atoms with Gasteiger partial charge in [0.25, 0.3) is 0 Å². The number of nitrogens with one attached hydrogen (secondary N) is 2. The number of aryl methyl sites for hydroxylation is 2. The molecule has 2 aromatic rings. The van der Waals surface area contributed by atoms with E-state index in [1.807, 2.05) is 26.8 Å². The van der Waals surface area contributed by atoms with Gasteiger partial charge in [0, 0.05) is 5.69 Å². The Kier molecular flexibility index (Phi) is 6.06. The lowest BCUT2D eigenvalue weighted by molar-refractivity contribution is -0.137. The summed E-state index contributed by atoms with van der Waals surface area (Å²) in [5.41, 5.74) is 3.10. The number of benzene rings is 2. The zero-order chi connectivity index (χ0) is 18.6. The molecule has 0 spiro atoms. The second-order valence-corrected chi connectivity index (χ2v) is 6.39. The van der Waals surface area contributed by atoms with Crippen molar-refractivity contribution < 1.29 is 13.2 Å². The van der Waals surface area contributed by atoms with Gasteiger partial charge in [-0.1, -0.05) is 31.2 Å². The van der Waals surface area contributed by atoms with Crippen LogP contribution in [0, 0.1) is 13.8 Å². The SMILES string of the molecule is CC[C@H](NC(=S)Nc1cccc(C(F)(F)F)c1)c1ccc(C)c(C)c1. The number of hydrogen-bond donors (Lipinski definition) is 2. The maximum atomic E-state index is 12.8. The van der Waals surface area contributed by atoms with Crippen LogP contribution in [0.4, 0.5) is 18.9 Å². The van der Waals surface area contributed by atoms with Gasteiger partial charge in [0.05, 0.1) is 11.6 Å². The first kappa shape index (κ1) is 19.2. The summed E-state index contributed by atoms with van der Waals surface area (Å²) in [5.74, 6) is 0. The molecule has 0 saturated heterocycles. The second-order valence-electron chi connectivity index (χ2n) is 5.98. The molecular weight excluding hydrogens is 345 g/mol. The first-order valence-electron chi connectivity index (χ1n) is 8.02. The summed E-state index contributed by atoms with van der Waals surface area (Å²) in [6, 6.07) is 11.2. The van der Waals surface area contributed by atoms with Crippen molar-refractivity contribution in [3.8, 4) is 0 Å². The Morgan fingerprint density at radius 1 is 1.08 bits per heavy atom.